The number of esters is 1. The third-order valence-corrected chi connectivity index (χ3v) is 5.69. The van der Waals surface area contributed by atoms with Crippen molar-refractivity contribution >= 4 is 41.8 Å². The molecule has 2 aliphatic carbocycles. The van der Waals surface area contributed by atoms with E-state index in [4.69, 9.17) is 4.74 Å². The Morgan fingerprint density at radius 3 is 2.32 bits per heavy atom. The Labute approximate surface area is 186 Å². The van der Waals surface area contributed by atoms with Gasteiger partial charge in [-0.05, 0) is 44.9 Å². The van der Waals surface area contributed by atoms with E-state index in [-0.39, 0.29) is 47.4 Å². The molecule has 8 heteroatoms. The minimum Gasteiger partial charge on any atom is -0.462 e. The van der Waals surface area contributed by atoms with Gasteiger partial charge >= 0.3 is 5.97 Å². The van der Waals surface area contributed by atoms with Crippen LogP contribution in [-0.4, -0.2) is 63.1 Å². The Morgan fingerprint density at radius 1 is 1.11 bits per heavy atom. The number of aliphatic imine (C=N–C) groups is 1. The second-order valence-electron chi connectivity index (χ2n) is 8.04. The van der Waals surface area contributed by atoms with Gasteiger partial charge in [-0.2, -0.15) is 0 Å². The fraction of sp³-hybridized carbons (Fsp3) is 0.850. The van der Waals surface area contributed by atoms with E-state index < -0.39 is 0 Å². The predicted octanol–water partition coefficient (Wildman–Crippen LogP) is 2.68. The van der Waals surface area contributed by atoms with Crippen LogP contribution in [0.5, 0.6) is 0 Å². The van der Waals surface area contributed by atoms with Crippen molar-refractivity contribution in [2.75, 3.05) is 34.2 Å². The molecule has 2 N–H and O–H groups in total. The summed E-state index contributed by atoms with van der Waals surface area (Å²) in [5.74, 6) is 0.766. The maximum absolute atomic E-state index is 12.6. The van der Waals surface area contributed by atoms with Crippen molar-refractivity contribution in [3.8, 4) is 0 Å². The van der Waals surface area contributed by atoms with Crippen molar-refractivity contribution in [2.45, 2.75) is 70.3 Å². The molecule has 0 spiro atoms. The number of hydrogen-bond acceptors (Lipinski definition) is 4. The molecule has 2 rings (SSSR count). The molecule has 7 nitrogen and oxygen atoms in total. The number of nitrogens with zero attached hydrogens (tertiary/aromatic N) is 2. The molecule has 0 bridgehead atoms. The molecule has 2 fully saturated rings. The van der Waals surface area contributed by atoms with Crippen LogP contribution < -0.4 is 10.6 Å². The van der Waals surface area contributed by atoms with E-state index in [1.807, 2.05) is 14.1 Å². The van der Waals surface area contributed by atoms with E-state index >= 15 is 0 Å². The summed E-state index contributed by atoms with van der Waals surface area (Å²) in [7, 11) is 5.36. The standard InChI is InChI=1S/C20H36N4O3.HI/c1-21-19(22-14-8-11-17(25)27-16-9-4-5-10-16)23-15-20(12-6-7-13-20)18(26)24(2)3;/h16H,4-15H2,1-3H3,(H2,21,22,23);1H. The Kier molecular flexibility index (Phi) is 11.1. The quantitative estimate of drug-likeness (QED) is 0.173. The number of ether oxygens (including phenoxy) is 1. The van der Waals surface area contributed by atoms with Gasteiger partial charge in [-0.25, -0.2) is 0 Å². The molecule has 162 valence electrons. The van der Waals surface area contributed by atoms with E-state index in [2.05, 4.69) is 15.6 Å². The lowest BCUT2D eigenvalue weighted by atomic mass is 9.84. The zero-order valence-electron chi connectivity index (χ0n) is 17.6. The molecule has 0 heterocycles. The summed E-state index contributed by atoms with van der Waals surface area (Å²) in [5.41, 5.74) is -0.327. The second-order valence-corrected chi connectivity index (χ2v) is 8.04. The third-order valence-electron chi connectivity index (χ3n) is 5.69. The first-order chi connectivity index (χ1) is 13.0. The maximum atomic E-state index is 12.6. The van der Waals surface area contributed by atoms with E-state index in [0.717, 1.165) is 38.5 Å². The molecule has 0 aromatic carbocycles. The molecular formula is C20H37IN4O3. The second kappa shape index (κ2) is 12.5. The smallest absolute Gasteiger partial charge is 0.306 e. The largest absolute Gasteiger partial charge is 0.462 e. The van der Waals surface area contributed by atoms with Gasteiger partial charge in [-0.1, -0.05) is 12.8 Å². The molecule has 0 aliphatic heterocycles. The molecule has 0 unspecified atom stereocenters. The summed E-state index contributed by atoms with van der Waals surface area (Å²) >= 11 is 0. The zero-order valence-corrected chi connectivity index (χ0v) is 19.9. The van der Waals surface area contributed by atoms with Crippen molar-refractivity contribution in [1.82, 2.24) is 15.5 Å². The number of carbonyl (C=O) groups is 2. The fourth-order valence-corrected chi connectivity index (χ4v) is 4.16. The SMILES string of the molecule is CN=C(NCCCC(=O)OC1CCCC1)NCC1(C(=O)N(C)C)CCCC1.I. The van der Waals surface area contributed by atoms with Gasteiger partial charge in [-0.15, -0.1) is 24.0 Å². The van der Waals surface area contributed by atoms with Crippen molar-refractivity contribution in [1.29, 1.82) is 0 Å². The monoisotopic (exact) mass is 508 g/mol. The highest BCUT2D eigenvalue weighted by atomic mass is 127. The lowest BCUT2D eigenvalue weighted by molar-refractivity contribution is -0.148. The summed E-state index contributed by atoms with van der Waals surface area (Å²) in [5, 5.41) is 6.54. The molecule has 28 heavy (non-hydrogen) atoms. The first-order valence-electron chi connectivity index (χ1n) is 10.3. The molecule has 0 radical (unpaired) electrons. The highest BCUT2D eigenvalue weighted by Crippen LogP contribution is 2.38. The topological polar surface area (TPSA) is 83.0 Å². The van der Waals surface area contributed by atoms with Gasteiger partial charge in [0.05, 0.1) is 5.41 Å². The summed E-state index contributed by atoms with van der Waals surface area (Å²) in [6.45, 7) is 1.24. The van der Waals surface area contributed by atoms with Crippen molar-refractivity contribution in [3.63, 3.8) is 0 Å². The third kappa shape index (κ3) is 7.40. The average Bonchev–Trinajstić information content (AvgIpc) is 3.33. The van der Waals surface area contributed by atoms with E-state index in [0.29, 0.717) is 31.9 Å². The van der Waals surface area contributed by atoms with Crippen LogP contribution in [0.15, 0.2) is 4.99 Å². The first-order valence-corrected chi connectivity index (χ1v) is 10.3. The average molecular weight is 508 g/mol. The van der Waals surface area contributed by atoms with Crippen LogP contribution in [0.1, 0.15) is 64.2 Å². The van der Waals surface area contributed by atoms with Crippen LogP contribution in [0, 0.1) is 5.41 Å². The van der Waals surface area contributed by atoms with Crippen LogP contribution in [-0.2, 0) is 14.3 Å². The highest BCUT2D eigenvalue weighted by molar-refractivity contribution is 14.0. The van der Waals surface area contributed by atoms with Crippen LogP contribution in [0.25, 0.3) is 0 Å². The minimum atomic E-state index is -0.327. The lowest BCUT2D eigenvalue weighted by Crippen LogP contribution is -2.49. The number of nitrogens with one attached hydrogen (secondary N) is 2. The van der Waals surface area contributed by atoms with Gasteiger partial charge in [0.25, 0.3) is 0 Å². The summed E-state index contributed by atoms with van der Waals surface area (Å²) in [6, 6.07) is 0. The van der Waals surface area contributed by atoms with Gasteiger partial charge < -0.3 is 20.3 Å². The normalized spacial score (nSPS) is 19.0. The molecule has 0 aromatic rings. The molecule has 2 saturated carbocycles. The number of guanidine groups is 1. The Balaban J connectivity index is 0.00000392. The first kappa shape index (κ1) is 25.0. The molecule has 0 aromatic heterocycles. The van der Waals surface area contributed by atoms with E-state index in [9.17, 15) is 9.59 Å². The van der Waals surface area contributed by atoms with Gasteiger partial charge in [0.15, 0.2) is 5.96 Å². The molecular weight excluding hydrogens is 471 g/mol. The maximum Gasteiger partial charge on any atom is 0.306 e. The molecule has 2 aliphatic rings. The van der Waals surface area contributed by atoms with Crippen LogP contribution in [0.3, 0.4) is 0 Å². The highest BCUT2D eigenvalue weighted by Gasteiger charge is 2.42. The van der Waals surface area contributed by atoms with Gasteiger partial charge in [0, 0.05) is 40.7 Å². The Hall–Kier alpha value is -1.06. The number of halogens is 1. The van der Waals surface area contributed by atoms with E-state index in [1.54, 1.807) is 11.9 Å². The molecule has 0 atom stereocenters. The van der Waals surface area contributed by atoms with Gasteiger partial charge in [-0.3, -0.25) is 14.6 Å². The van der Waals surface area contributed by atoms with Crippen LogP contribution >= 0.6 is 24.0 Å². The summed E-state index contributed by atoms with van der Waals surface area (Å²) in [6.07, 6.45) is 9.63. The van der Waals surface area contributed by atoms with Gasteiger partial charge in [0.2, 0.25) is 5.91 Å². The number of hydrogen-bond donors (Lipinski definition) is 2. The van der Waals surface area contributed by atoms with E-state index in [1.165, 1.54) is 12.8 Å². The predicted molar refractivity (Wildman–Crippen MR) is 122 cm³/mol. The summed E-state index contributed by atoms with van der Waals surface area (Å²) < 4.78 is 5.47. The fourth-order valence-electron chi connectivity index (χ4n) is 4.16. The van der Waals surface area contributed by atoms with Crippen LogP contribution in [0.2, 0.25) is 0 Å². The van der Waals surface area contributed by atoms with Crippen LogP contribution in [0.4, 0.5) is 0 Å². The molecule has 1 amide bonds. The lowest BCUT2D eigenvalue weighted by Gasteiger charge is -2.31. The molecule has 0 saturated heterocycles. The van der Waals surface area contributed by atoms with Crippen molar-refractivity contribution < 1.29 is 14.3 Å². The minimum absolute atomic E-state index is 0. The Bertz CT molecular complexity index is 528. The Morgan fingerprint density at radius 2 is 1.75 bits per heavy atom. The van der Waals surface area contributed by atoms with Gasteiger partial charge in [0.1, 0.15) is 6.10 Å². The number of carbonyl (C=O) groups excluding carboxylic acids is 2. The van der Waals surface area contributed by atoms with Crippen molar-refractivity contribution in [2.24, 2.45) is 10.4 Å². The zero-order chi connectivity index (χ0) is 19.7. The number of amides is 1. The summed E-state index contributed by atoms with van der Waals surface area (Å²) in [4.78, 5) is 30.4. The number of rotatable bonds is 8. The van der Waals surface area contributed by atoms with Crippen molar-refractivity contribution in [3.05, 3.63) is 0 Å².